The number of nitrogens with two attached hydrogens (primary N) is 1. The molecular weight excluding hydrogens is 971 g/mol. The molecule has 18 heteroatoms. The highest BCUT2D eigenvalue weighted by Crippen LogP contribution is 2.29. The van der Waals surface area contributed by atoms with Crippen molar-refractivity contribution in [3.05, 3.63) is 212 Å². The molecule has 0 unspecified atom stereocenters. The number of rotatable bonds is 7. The van der Waals surface area contributed by atoms with E-state index in [4.69, 9.17) is 27.5 Å². The first-order chi connectivity index (χ1) is 37.0. The van der Waals surface area contributed by atoms with Gasteiger partial charge in [-0.05, 0) is 133 Å². The number of amides is 1. The van der Waals surface area contributed by atoms with Crippen LogP contribution in [0.3, 0.4) is 0 Å². The van der Waals surface area contributed by atoms with Gasteiger partial charge in [0.25, 0.3) is 5.91 Å². The van der Waals surface area contributed by atoms with Crippen LogP contribution in [0.5, 0.6) is 0 Å². The van der Waals surface area contributed by atoms with Gasteiger partial charge in [0.2, 0.25) is 0 Å². The van der Waals surface area contributed by atoms with Crippen molar-refractivity contribution in [3.63, 3.8) is 0 Å². The van der Waals surface area contributed by atoms with Crippen molar-refractivity contribution >= 4 is 47.1 Å². The van der Waals surface area contributed by atoms with Crippen LogP contribution < -0.4 is 11.1 Å². The van der Waals surface area contributed by atoms with Gasteiger partial charge in [-0.25, -0.2) is 24.5 Å². The molecule has 0 radical (unpaired) electrons. The lowest BCUT2D eigenvalue weighted by Gasteiger charge is -2.09. The first-order valence-electron chi connectivity index (χ1n) is 25.0. The summed E-state index contributed by atoms with van der Waals surface area (Å²) >= 11 is 3.89. The molecule has 0 aliphatic rings. The van der Waals surface area contributed by atoms with Crippen LogP contribution in [-0.4, -0.2) is 58.9 Å². The lowest BCUT2D eigenvalue weighted by Crippen LogP contribution is -2.25. The number of carboxylic acid groups (broad SMARTS) is 1. The van der Waals surface area contributed by atoms with E-state index in [1.54, 1.807) is 64.6 Å². The second-order valence-corrected chi connectivity index (χ2v) is 16.6. The van der Waals surface area contributed by atoms with Crippen LogP contribution in [0.1, 0.15) is 111 Å². The number of benzene rings is 3. The Morgan fingerprint density at radius 2 is 1.04 bits per heavy atom. The van der Waals surface area contributed by atoms with Crippen LogP contribution >= 0.6 is 12.3 Å². The minimum absolute atomic E-state index is 0.0912. The van der Waals surface area contributed by atoms with Crippen LogP contribution in [0.4, 0.5) is 13.2 Å². The SMILES string of the molecule is CCOC(=O)c1c(C)nc2ccc(C)cn12.Cc1ccc(C#N)cc1.Cc1ccc2nc(C)c(C(=O)O)n2c1.[2H]C([2H])(N)c1ccc(C)cc1.[2H]C([2H])(NC(=O)c1c(C)nc2ccc(C)cn12)c1ccc(C(F)(F)F)cc1.[2H]Cl. The number of hydrogen-bond donors (Lipinski definition) is 3. The Hall–Kier alpha value is -8.33. The molecule has 0 saturated carbocycles. The second-order valence-electron chi connectivity index (χ2n) is 16.6. The van der Waals surface area contributed by atoms with Crippen molar-refractivity contribution in [3.8, 4) is 6.07 Å². The van der Waals surface area contributed by atoms with E-state index in [-0.39, 0.29) is 22.9 Å². The van der Waals surface area contributed by atoms with Crippen molar-refractivity contribution in [2.75, 3.05) is 6.61 Å². The van der Waals surface area contributed by atoms with Gasteiger partial charge in [0.05, 0.1) is 43.6 Å². The van der Waals surface area contributed by atoms with Crippen LogP contribution in [-0.2, 0) is 23.9 Å². The molecule has 9 aromatic rings. The number of nitriles is 1. The largest absolute Gasteiger partial charge is 0.477 e. The predicted molar refractivity (Wildman–Crippen MR) is 282 cm³/mol. The maximum atomic E-state index is 12.7. The summed E-state index contributed by atoms with van der Waals surface area (Å²) in [7, 11) is 0. The molecule has 0 spiro atoms. The summed E-state index contributed by atoms with van der Waals surface area (Å²) < 4.78 is 83.7. The minimum Gasteiger partial charge on any atom is -0.477 e. The number of ether oxygens (including phenoxy) is 1. The summed E-state index contributed by atoms with van der Waals surface area (Å²) in [5.41, 5.74) is 15.3. The lowest BCUT2D eigenvalue weighted by atomic mass is 10.1. The Balaban J connectivity index is 0.000000223. The number of aromatic carboxylic acids is 1. The number of fused-ring (bicyclic) bond motifs is 3. The number of carbonyl (C=O) groups excluding carboxylic acids is 2. The molecule has 14 nitrogen and oxygen atoms in total. The van der Waals surface area contributed by atoms with Crippen molar-refractivity contribution < 1.29 is 42.9 Å². The molecule has 6 heterocycles. The Labute approximate surface area is 440 Å². The summed E-state index contributed by atoms with van der Waals surface area (Å²) in [6.45, 7) is 12.9. The van der Waals surface area contributed by atoms with Gasteiger partial charge in [0.1, 0.15) is 23.8 Å². The van der Waals surface area contributed by atoms with Crippen molar-refractivity contribution in [1.29, 1.82) is 6.43 Å². The Bertz CT molecular complexity index is 3590. The molecule has 0 aliphatic carbocycles. The molecule has 0 aliphatic heterocycles. The first-order valence-corrected chi connectivity index (χ1v) is 22.6. The van der Waals surface area contributed by atoms with Gasteiger partial charge in [0.15, 0.2) is 11.4 Å². The van der Waals surface area contributed by atoms with Crippen LogP contribution in [0.25, 0.3) is 16.9 Å². The second kappa shape index (κ2) is 26.4. The van der Waals surface area contributed by atoms with E-state index >= 15 is 0 Å². The van der Waals surface area contributed by atoms with Crippen molar-refractivity contribution in [2.24, 2.45) is 5.73 Å². The lowest BCUT2D eigenvalue weighted by molar-refractivity contribution is -0.137. The summed E-state index contributed by atoms with van der Waals surface area (Å²) in [5, 5.41) is 19.6. The number of carbonyl (C=O) groups is 3. The van der Waals surface area contributed by atoms with E-state index in [1.807, 2.05) is 114 Å². The third-order valence-electron chi connectivity index (χ3n) is 10.6. The first kappa shape index (κ1) is 50.6. The molecule has 0 fully saturated rings. The molecule has 1 amide bonds. The van der Waals surface area contributed by atoms with Crippen molar-refractivity contribution in [2.45, 2.75) is 81.5 Å². The fourth-order valence-corrected chi connectivity index (χ4v) is 6.99. The summed E-state index contributed by atoms with van der Waals surface area (Å²) in [6.07, 6.45) is 0.859. The number of nitrogens with zero attached hydrogens (tertiary/aromatic N) is 7. The highest BCUT2D eigenvalue weighted by atomic mass is 35.5. The number of hydrogen-bond acceptors (Lipinski definition) is 9. The summed E-state index contributed by atoms with van der Waals surface area (Å²) in [6, 6.07) is 31.4. The zero-order chi connectivity index (χ0) is 59.2. The van der Waals surface area contributed by atoms with E-state index in [2.05, 4.69) is 38.7 Å². The quantitative estimate of drug-likeness (QED) is 0.129. The highest BCUT2D eigenvalue weighted by Gasteiger charge is 2.30. The van der Waals surface area contributed by atoms with Crippen molar-refractivity contribution in [1.82, 2.24) is 33.5 Å². The number of imidazole rings is 3. The van der Waals surface area contributed by atoms with Gasteiger partial charge in [-0.1, -0.05) is 77.9 Å². The fraction of sp³-hybridized carbons (Fsp3) is 0.232. The van der Waals surface area contributed by atoms with E-state index in [0.717, 1.165) is 57.7 Å². The molecule has 6 aromatic heterocycles. The maximum Gasteiger partial charge on any atom is 0.416 e. The highest BCUT2D eigenvalue weighted by molar-refractivity contribution is 5.94. The zero-order valence-electron chi connectivity index (χ0n) is 47.1. The van der Waals surface area contributed by atoms with Gasteiger partial charge in [-0.15, -0.1) is 12.3 Å². The average Bonchev–Trinajstić information content (AvgIpc) is 4.12. The molecular formula is C56H59ClF3N9O5. The number of aryl methyl sites for hydroxylation is 8. The predicted octanol–water partition coefficient (Wildman–Crippen LogP) is 11.4. The Morgan fingerprint density at radius 1 is 0.649 bits per heavy atom. The molecule has 0 saturated heterocycles. The topological polar surface area (TPSA) is 194 Å². The van der Waals surface area contributed by atoms with Gasteiger partial charge in [0, 0.05) is 34.3 Å². The molecule has 4 N–H and O–H groups in total. The Morgan fingerprint density at radius 3 is 1.46 bits per heavy atom. The van der Waals surface area contributed by atoms with E-state index in [9.17, 15) is 27.6 Å². The number of nitrogens with one attached hydrogen (secondary N) is 1. The monoisotopic (exact) mass is 1030 g/mol. The minimum atomic E-state index is -4.51. The molecule has 0 atom stereocenters. The van der Waals surface area contributed by atoms with Crippen LogP contribution in [0.2, 0.25) is 0 Å². The van der Waals surface area contributed by atoms with E-state index in [0.29, 0.717) is 46.2 Å². The van der Waals surface area contributed by atoms with Crippen LogP contribution in [0, 0.1) is 66.7 Å². The molecule has 3 aromatic carbocycles. The standard InChI is InChI=1S/C18H16F3N3O.C12H14N2O2.C10H10N2O2.C8H11N.C8H7N.ClH/c1-11-3-8-15-23-12(2)16(24(15)10-11)17(25)22-9-13-4-6-14(7-5-13)18(19,20)21;1-4-16-12(15)11-9(3)13-10-6-5-8(2)7-14(10)11;1-6-3-4-8-11-7(2)9(10(13)14)12(8)5-6;2*1-7-2-4-8(6-9)5-3-7;/h3-8,10H,9H2,1-2H3,(H,22,25);5-7H,4H2,1-3H3;3-5H,1-2H3,(H,13,14);2-5H,6,9H2,1H3;2-5H,1H3;1H/i9D2;;;6D2;;/hD. The smallest absolute Gasteiger partial charge is 0.416 e. The molecule has 0 bridgehead atoms. The number of carboxylic acids is 1. The number of alkyl halides is 3. The van der Waals surface area contributed by atoms with Gasteiger partial charge in [-0.2, -0.15) is 18.4 Å². The Kier molecular flexibility index (Phi) is 18.0. The van der Waals surface area contributed by atoms with Gasteiger partial charge in [-0.3, -0.25) is 18.0 Å². The zero-order valence-corrected chi connectivity index (χ0v) is 42.9. The summed E-state index contributed by atoms with van der Waals surface area (Å²) in [5.74, 6) is -1.98. The van der Waals surface area contributed by atoms with E-state index < -0.39 is 36.6 Å². The van der Waals surface area contributed by atoms with Gasteiger partial charge >= 0.3 is 18.1 Å². The number of esters is 1. The molecule has 9 rings (SSSR count). The fourth-order valence-electron chi connectivity index (χ4n) is 6.99. The third-order valence-corrected chi connectivity index (χ3v) is 10.6. The van der Waals surface area contributed by atoms with Crippen LogP contribution in [0.15, 0.2) is 128 Å². The molecule has 386 valence electrons. The van der Waals surface area contributed by atoms with E-state index in [1.165, 1.54) is 5.56 Å². The number of pyridine rings is 3. The average molecular weight is 1040 g/mol. The normalized spacial score (nSPS) is 11.8. The number of halogens is 4. The number of aromatic nitrogens is 6. The third kappa shape index (κ3) is 15.6. The summed E-state index contributed by atoms with van der Waals surface area (Å²) in [4.78, 5) is 48.1. The molecule has 74 heavy (non-hydrogen) atoms. The van der Waals surface area contributed by atoms with Gasteiger partial charge < -0.3 is 20.9 Å². The maximum absolute atomic E-state index is 12.7.